The zero-order valence-electron chi connectivity index (χ0n) is 16.9. The first-order valence-corrected chi connectivity index (χ1v) is 10.9. The van der Waals surface area contributed by atoms with Crippen LogP contribution in [0.15, 0.2) is 29.4 Å². The van der Waals surface area contributed by atoms with Crippen molar-refractivity contribution in [3.8, 4) is 5.75 Å². The molecule has 9 heteroatoms. The highest BCUT2D eigenvalue weighted by Crippen LogP contribution is 2.35. The van der Waals surface area contributed by atoms with Gasteiger partial charge in [0.15, 0.2) is 11.0 Å². The predicted molar refractivity (Wildman–Crippen MR) is 110 cm³/mol. The molecule has 29 heavy (non-hydrogen) atoms. The first kappa shape index (κ1) is 19.8. The average molecular weight is 416 g/mol. The molecule has 1 aromatic carbocycles. The van der Waals surface area contributed by atoms with Crippen molar-refractivity contribution in [3.63, 3.8) is 0 Å². The second-order valence-corrected chi connectivity index (χ2v) is 8.17. The summed E-state index contributed by atoms with van der Waals surface area (Å²) in [4.78, 5) is 29.5. The van der Waals surface area contributed by atoms with Gasteiger partial charge in [0.1, 0.15) is 5.75 Å². The molecule has 0 saturated carbocycles. The molecule has 2 aliphatic rings. The van der Waals surface area contributed by atoms with Gasteiger partial charge in [0, 0.05) is 32.2 Å². The molecule has 0 N–H and O–H groups in total. The van der Waals surface area contributed by atoms with Gasteiger partial charge in [-0.25, -0.2) is 0 Å². The van der Waals surface area contributed by atoms with Gasteiger partial charge in [-0.2, -0.15) is 0 Å². The van der Waals surface area contributed by atoms with E-state index in [1.165, 1.54) is 11.8 Å². The van der Waals surface area contributed by atoms with Gasteiger partial charge in [-0.05, 0) is 43.4 Å². The number of nitrogens with zero attached hydrogens (tertiary/aromatic N) is 5. The number of methoxy groups -OCH3 is 1. The molecule has 0 bridgehead atoms. The Kier molecular flexibility index (Phi) is 5.49. The molecule has 154 valence electrons. The molecule has 2 aliphatic heterocycles. The molecule has 2 atom stereocenters. The van der Waals surface area contributed by atoms with E-state index in [1.807, 2.05) is 47.0 Å². The van der Waals surface area contributed by atoms with Crippen molar-refractivity contribution in [1.82, 2.24) is 19.7 Å². The van der Waals surface area contributed by atoms with E-state index in [1.54, 1.807) is 12.0 Å². The van der Waals surface area contributed by atoms with E-state index in [0.717, 1.165) is 35.3 Å². The predicted octanol–water partition coefficient (Wildman–Crippen LogP) is 2.26. The molecule has 0 radical (unpaired) electrons. The molecule has 4 rings (SSSR count). The summed E-state index contributed by atoms with van der Waals surface area (Å²) in [6.45, 7) is 1.10. The number of anilines is 1. The third-order valence-corrected chi connectivity index (χ3v) is 6.46. The monoisotopic (exact) mass is 415 g/mol. The molecule has 2 aromatic rings. The maximum absolute atomic E-state index is 13.3. The van der Waals surface area contributed by atoms with Crippen LogP contribution in [-0.4, -0.2) is 57.9 Å². The van der Waals surface area contributed by atoms with Gasteiger partial charge in [0.25, 0.3) is 0 Å². The minimum atomic E-state index is -0.335. The number of amides is 2. The van der Waals surface area contributed by atoms with Crippen LogP contribution in [0.1, 0.15) is 31.1 Å². The first-order valence-electron chi connectivity index (χ1n) is 9.71. The van der Waals surface area contributed by atoms with E-state index in [0.29, 0.717) is 13.1 Å². The van der Waals surface area contributed by atoms with Crippen molar-refractivity contribution in [1.29, 1.82) is 0 Å². The molecule has 0 spiro atoms. The van der Waals surface area contributed by atoms with Crippen molar-refractivity contribution in [2.24, 2.45) is 13.0 Å². The number of benzene rings is 1. The zero-order chi connectivity index (χ0) is 20.5. The quantitative estimate of drug-likeness (QED) is 0.697. The summed E-state index contributed by atoms with van der Waals surface area (Å²) in [5.74, 6) is 1.23. The highest BCUT2D eigenvalue weighted by atomic mass is 32.2. The smallest absolute Gasteiger partial charge is 0.228 e. The number of hydrogen-bond donors (Lipinski definition) is 0. The number of rotatable bonds is 5. The van der Waals surface area contributed by atoms with Gasteiger partial charge in [-0.1, -0.05) is 11.8 Å². The number of ether oxygens (including phenoxy) is 1. The van der Waals surface area contributed by atoms with E-state index < -0.39 is 0 Å². The number of likely N-dealkylation sites (tertiary alicyclic amines) is 1. The number of aromatic nitrogens is 3. The van der Waals surface area contributed by atoms with Crippen LogP contribution in [0.4, 0.5) is 5.69 Å². The number of thioether (sulfide) groups is 1. The molecule has 3 heterocycles. The van der Waals surface area contributed by atoms with Crippen LogP contribution in [0, 0.1) is 5.92 Å². The second kappa shape index (κ2) is 8.06. The molecule has 2 fully saturated rings. The van der Waals surface area contributed by atoms with Crippen molar-refractivity contribution in [2.45, 2.75) is 30.5 Å². The maximum atomic E-state index is 13.3. The van der Waals surface area contributed by atoms with E-state index in [9.17, 15) is 9.59 Å². The summed E-state index contributed by atoms with van der Waals surface area (Å²) in [6, 6.07) is 7.28. The summed E-state index contributed by atoms with van der Waals surface area (Å²) >= 11 is 1.54. The minimum absolute atomic E-state index is 0.0207. The fraction of sp³-hybridized carbons (Fsp3) is 0.500. The van der Waals surface area contributed by atoms with Crippen LogP contribution >= 0.6 is 11.8 Å². The number of carbonyl (C=O) groups is 2. The lowest BCUT2D eigenvalue weighted by molar-refractivity contribution is -0.136. The van der Waals surface area contributed by atoms with Gasteiger partial charge in [0.2, 0.25) is 11.8 Å². The Morgan fingerprint density at radius 1 is 1.24 bits per heavy atom. The lowest BCUT2D eigenvalue weighted by Crippen LogP contribution is -2.37. The highest BCUT2D eigenvalue weighted by Gasteiger charge is 2.41. The number of hydrogen-bond acceptors (Lipinski definition) is 6. The molecule has 2 saturated heterocycles. The van der Waals surface area contributed by atoms with E-state index in [2.05, 4.69) is 10.2 Å². The Morgan fingerprint density at radius 2 is 2.00 bits per heavy atom. The Labute approximate surface area is 174 Å². The lowest BCUT2D eigenvalue weighted by Gasteiger charge is -2.26. The van der Waals surface area contributed by atoms with Crippen molar-refractivity contribution < 1.29 is 14.3 Å². The zero-order valence-corrected chi connectivity index (χ0v) is 17.7. The molecule has 0 aliphatic carbocycles. The van der Waals surface area contributed by atoms with Gasteiger partial charge in [0.05, 0.1) is 19.1 Å². The van der Waals surface area contributed by atoms with Crippen LogP contribution in [0.5, 0.6) is 5.75 Å². The van der Waals surface area contributed by atoms with Crippen LogP contribution in [-0.2, 0) is 16.6 Å². The summed E-state index contributed by atoms with van der Waals surface area (Å²) < 4.78 is 7.14. The Bertz CT molecular complexity index is 913. The van der Waals surface area contributed by atoms with Crippen LogP contribution < -0.4 is 9.64 Å². The normalized spacial score (nSPS) is 21.8. The molecule has 2 amide bonds. The summed E-state index contributed by atoms with van der Waals surface area (Å²) in [5.41, 5.74) is 0.794. The first-order chi connectivity index (χ1) is 14.0. The molecule has 0 unspecified atom stereocenters. The lowest BCUT2D eigenvalue weighted by atomic mass is 10.1. The summed E-state index contributed by atoms with van der Waals surface area (Å²) in [6.07, 6.45) is 4.00. The minimum Gasteiger partial charge on any atom is -0.497 e. The largest absolute Gasteiger partial charge is 0.497 e. The van der Waals surface area contributed by atoms with Gasteiger partial charge in [-0.15, -0.1) is 10.2 Å². The van der Waals surface area contributed by atoms with Crippen LogP contribution in [0.2, 0.25) is 0 Å². The Balaban J connectivity index is 1.50. The molecular weight excluding hydrogens is 390 g/mol. The topological polar surface area (TPSA) is 80.6 Å². The van der Waals surface area contributed by atoms with Gasteiger partial charge in [-0.3, -0.25) is 9.59 Å². The van der Waals surface area contributed by atoms with Crippen LogP contribution in [0.3, 0.4) is 0 Å². The third-order valence-electron chi connectivity index (χ3n) is 5.74. The Hall–Kier alpha value is -2.55. The molecular formula is C20H25N5O3S. The van der Waals surface area contributed by atoms with Crippen molar-refractivity contribution in [3.05, 3.63) is 30.1 Å². The standard InChI is InChI=1S/C20H25N5O3S/c1-23-18(21-22-20(23)29-3)16-5-4-10-24(16)19(27)13-11-17(26)25(12-13)14-6-8-15(28-2)9-7-14/h6-9,13,16H,4-5,10-12H2,1-3H3/t13-,16+/m1/s1. The van der Waals surface area contributed by atoms with Crippen molar-refractivity contribution in [2.75, 3.05) is 31.4 Å². The average Bonchev–Trinajstić information content (AvgIpc) is 3.45. The molecule has 8 nitrogen and oxygen atoms in total. The van der Waals surface area contributed by atoms with Gasteiger partial charge < -0.3 is 19.1 Å². The van der Waals surface area contributed by atoms with Crippen LogP contribution in [0.25, 0.3) is 0 Å². The van der Waals surface area contributed by atoms with E-state index in [4.69, 9.17) is 4.74 Å². The fourth-order valence-corrected chi connectivity index (χ4v) is 4.70. The summed E-state index contributed by atoms with van der Waals surface area (Å²) in [7, 11) is 3.54. The Morgan fingerprint density at radius 3 is 2.66 bits per heavy atom. The third kappa shape index (κ3) is 3.59. The van der Waals surface area contributed by atoms with E-state index in [-0.39, 0.29) is 30.2 Å². The SMILES string of the molecule is COc1ccc(N2C[C@H](C(=O)N3CCC[C@H]3c3nnc(SC)n3C)CC2=O)cc1. The maximum Gasteiger partial charge on any atom is 0.228 e. The van der Waals surface area contributed by atoms with Gasteiger partial charge >= 0.3 is 0 Å². The summed E-state index contributed by atoms with van der Waals surface area (Å²) in [5, 5.41) is 9.38. The molecule has 1 aromatic heterocycles. The second-order valence-electron chi connectivity index (χ2n) is 7.40. The fourth-order valence-electron chi connectivity index (χ4n) is 4.21. The number of carbonyl (C=O) groups excluding carboxylic acids is 2. The van der Waals surface area contributed by atoms with Crippen molar-refractivity contribution >= 4 is 29.3 Å². The highest BCUT2D eigenvalue weighted by molar-refractivity contribution is 7.98. The van der Waals surface area contributed by atoms with E-state index >= 15 is 0 Å².